The molecule has 1 rings (SSSR count). The SMILES string of the molecule is CC(C)(C)OC(=O)[C@@H](O)c1ccc(Cl)cc1. The molecule has 0 radical (unpaired) electrons. The molecule has 88 valence electrons. The summed E-state index contributed by atoms with van der Waals surface area (Å²) in [7, 11) is 0. The third-order valence-electron chi connectivity index (χ3n) is 1.82. The van der Waals surface area contributed by atoms with Gasteiger partial charge in [0, 0.05) is 5.02 Å². The van der Waals surface area contributed by atoms with Crippen LogP contribution in [0, 0.1) is 0 Å². The second-order valence-corrected chi connectivity index (χ2v) is 4.92. The van der Waals surface area contributed by atoms with Crippen molar-refractivity contribution in [1.82, 2.24) is 0 Å². The first-order chi connectivity index (χ1) is 7.29. The summed E-state index contributed by atoms with van der Waals surface area (Å²) in [6, 6.07) is 6.42. The van der Waals surface area contributed by atoms with Crippen molar-refractivity contribution in [2.45, 2.75) is 32.5 Å². The van der Waals surface area contributed by atoms with Gasteiger partial charge in [-0.05, 0) is 38.5 Å². The Kier molecular flexibility index (Phi) is 3.94. The minimum atomic E-state index is -1.27. The van der Waals surface area contributed by atoms with E-state index in [0.717, 1.165) is 0 Å². The topological polar surface area (TPSA) is 46.5 Å². The van der Waals surface area contributed by atoms with E-state index in [0.29, 0.717) is 10.6 Å². The lowest BCUT2D eigenvalue weighted by Gasteiger charge is -2.21. The molecular formula is C12H15ClO3. The van der Waals surface area contributed by atoms with Gasteiger partial charge in [0.1, 0.15) is 5.60 Å². The molecule has 0 unspecified atom stereocenters. The number of ether oxygens (including phenoxy) is 1. The monoisotopic (exact) mass is 242 g/mol. The van der Waals surface area contributed by atoms with Gasteiger partial charge in [-0.15, -0.1) is 0 Å². The Morgan fingerprint density at radius 3 is 2.25 bits per heavy atom. The molecule has 4 heteroatoms. The van der Waals surface area contributed by atoms with E-state index >= 15 is 0 Å². The van der Waals surface area contributed by atoms with Crippen molar-refractivity contribution in [3.8, 4) is 0 Å². The van der Waals surface area contributed by atoms with Crippen molar-refractivity contribution >= 4 is 17.6 Å². The molecule has 16 heavy (non-hydrogen) atoms. The highest BCUT2D eigenvalue weighted by molar-refractivity contribution is 6.30. The zero-order valence-electron chi connectivity index (χ0n) is 9.53. The predicted molar refractivity (Wildman–Crippen MR) is 62.3 cm³/mol. The van der Waals surface area contributed by atoms with Crippen molar-refractivity contribution in [2.75, 3.05) is 0 Å². The predicted octanol–water partition coefficient (Wildman–Crippen LogP) is 2.72. The van der Waals surface area contributed by atoms with E-state index in [-0.39, 0.29) is 0 Å². The Bertz CT molecular complexity index is 365. The second kappa shape index (κ2) is 4.85. The number of carbonyl (C=O) groups excluding carboxylic acids is 1. The summed E-state index contributed by atoms with van der Waals surface area (Å²) in [4.78, 5) is 11.5. The Balaban J connectivity index is 2.74. The third kappa shape index (κ3) is 3.83. The highest BCUT2D eigenvalue weighted by Crippen LogP contribution is 2.20. The molecule has 1 aromatic carbocycles. The van der Waals surface area contributed by atoms with Crippen LogP contribution >= 0.6 is 11.6 Å². The Labute approximate surface area is 100.0 Å². The molecule has 1 aromatic rings. The van der Waals surface area contributed by atoms with Gasteiger partial charge in [-0.1, -0.05) is 23.7 Å². The highest BCUT2D eigenvalue weighted by atomic mass is 35.5. The van der Waals surface area contributed by atoms with Crippen LogP contribution in [0.1, 0.15) is 32.4 Å². The lowest BCUT2D eigenvalue weighted by atomic mass is 10.1. The molecule has 0 saturated carbocycles. The number of benzene rings is 1. The average molecular weight is 243 g/mol. The van der Waals surface area contributed by atoms with Crippen molar-refractivity contribution in [2.24, 2.45) is 0 Å². The van der Waals surface area contributed by atoms with E-state index in [1.807, 2.05) is 0 Å². The highest BCUT2D eigenvalue weighted by Gasteiger charge is 2.24. The van der Waals surface area contributed by atoms with Crippen molar-refractivity contribution in [1.29, 1.82) is 0 Å². The second-order valence-electron chi connectivity index (χ2n) is 4.49. The molecule has 1 N–H and O–H groups in total. The molecule has 0 aliphatic heterocycles. The van der Waals surface area contributed by atoms with E-state index in [1.165, 1.54) is 0 Å². The summed E-state index contributed by atoms with van der Waals surface area (Å²) in [6.07, 6.45) is -1.27. The zero-order valence-corrected chi connectivity index (χ0v) is 10.3. The van der Waals surface area contributed by atoms with Gasteiger partial charge >= 0.3 is 5.97 Å². The number of hydrogen-bond acceptors (Lipinski definition) is 3. The molecule has 0 amide bonds. The first-order valence-corrected chi connectivity index (χ1v) is 5.34. The van der Waals surface area contributed by atoms with Crippen LogP contribution in [0.15, 0.2) is 24.3 Å². The molecule has 0 fully saturated rings. The average Bonchev–Trinajstić information content (AvgIpc) is 2.15. The molecule has 0 aromatic heterocycles. The number of aliphatic hydroxyl groups is 1. The largest absolute Gasteiger partial charge is 0.458 e. The number of rotatable bonds is 2. The molecule has 0 heterocycles. The maximum Gasteiger partial charge on any atom is 0.340 e. The first-order valence-electron chi connectivity index (χ1n) is 4.96. The van der Waals surface area contributed by atoms with Crippen LogP contribution in [0.25, 0.3) is 0 Å². The summed E-state index contributed by atoms with van der Waals surface area (Å²) in [5.74, 6) is -0.658. The maximum absolute atomic E-state index is 11.5. The standard InChI is InChI=1S/C12H15ClO3/c1-12(2,3)16-11(15)10(14)8-4-6-9(13)7-5-8/h4-7,10,14H,1-3H3/t10-/m0/s1. The summed E-state index contributed by atoms with van der Waals surface area (Å²) >= 11 is 5.70. The van der Waals surface area contributed by atoms with Gasteiger partial charge in [0.25, 0.3) is 0 Å². The number of esters is 1. The fraction of sp³-hybridized carbons (Fsp3) is 0.417. The molecule has 0 bridgehead atoms. The van der Waals surface area contributed by atoms with Crippen LogP contribution in [0.3, 0.4) is 0 Å². The van der Waals surface area contributed by atoms with Crippen LogP contribution in [0.5, 0.6) is 0 Å². The number of hydrogen-bond donors (Lipinski definition) is 1. The van der Waals surface area contributed by atoms with E-state index < -0.39 is 17.7 Å². The number of carbonyl (C=O) groups is 1. The van der Waals surface area contributed by atoms with Crippen molar-refractivity contribution in [3.63, 3.8) is 0 Å². The molecule has 0 aliphatic rings. The van der Waals surface area contributed by atoms with Crippen LogP contribution in [-0.4, -0.2) is 16.7 Å². The minimum Gasteiger partial charge on any atom is -0.458 e. The smallest absolute Gasteiger partial charge is 0.340 e. The minimum absolute atomic E-state index is 0.471. The summed E-state index contributed by atoms with van der Waals surface area (Å²) in [6.45, 7) is 5.25. The van der Waals surface area contributed by atoms with Gasteiger partial charge in [0.2, 0.25) is 0 Å². The van der Waals surface area contributed by atoms with Gasteiger partial charge in [-0.2, -0.15) is 0 Å². The van der Waals surface area contributed by atoms with Crippen molar-refractivity contribution < 1.29 is 14.6 Å². The fourth-order valence-corrected chi connectivity index (χ4v) is 1.26. The first kappa shape index (κ1) is 13.0. The van der Waals surface area contributed by atoms with Gasteiger partial charge in [0.05, 0.1) is 0 Å². The molecule has 0 spiro atoms. The maximum atomic E-state index is 11.5. The van der Waals surface area contributed by atoms with Gasteiger partial charge < -0.3 is 9.84 Å². The van der Waals surface area contributed by atoms with E-state index in [1.54, 1.807) is 45.0 Å². The quantitative estimate of drug-likeness (QED) is 0.812. The molecular weight excluding hydrogens is 228 g/mol. The molecule has 0 saturated heterocycles. The molecule has 1 atom stereocenters. The van der Waals surface area contributed by atoms with Crippen LogP contribution in [-0.2, 0) is 9.53 Å². The zero-order chi connectivity index (χ0) is 12.3. The lowest BCUT2D eigenvalue weighted by Crippen LogP contribution is -2.27. The van der Waals surface area contributed by atoms with Gasteiger partial charge in [0.15, 0.2) is 6.10 Å². The summed E-state index contributed by atoms with van der Waals surface area (Å²) < 4.78 is 5.06. The van der Waals surface area contributed by atoms with Gasteiger partial charge in [-0.3, -0.25) is 0 Å². The molecule has 3 nitrogen and oxygen atoms in total. The summed E-state index contributed by atoms with van der Waals surface area (Å²) in [5, 5.41) is 10.3. The Morgan fingerprint density at radius 2 is 1.81 bits per heavy atom. The van der Waals surface area contributed by atoms with E-state index in [9.17, 15) is 9.90 Å². The van der Waals surface area contributed by atoms with E-state index in [2.05, 4.69) is 0 Å². The Hall–Kier alpha value is -1.06. The lowest BCUT2D eigenvalue weighted by molar-refractivity contribution is -0.165. The number of halogens is 1. The third-order valence-corrected chi connectivity index (χ3v) is 2.07. The van der Waals surface area contributed by atoms with Crippen LogP contribution < -0.4 is 0 Å². The summed E-state index contributed by atoms with van der Waals surface area (Å²) in [5.41, 5.74) is -0.136. The fourth-order valence-electron chi connectivity index (χ4n) is 1.14. The Morgan fingerprint density at radius 1 is 1.31 bits per heavy atom. The van der Waals surface area contributed by atoms with Gasteiger partial charge in [-0.25, -0.2) is 4.79 Å². The van der Waals surface area contributed by atoms with Crippen LogP contribution in [0.2, 0.25) is 5.02 Å². The van der Waals surface area contributed by atoms with Crippen molar-refractivity contribution in [3.05, 3.63) is 34.9 Å². The van der Waals surface area contributed by atoms with Crippen LogP contribution in [0.4, 0.5) is 0 Å². The number of aliphatic hydroxyl groups excluding tert-OH is 1. The normalized spacial score (nSPS) is 13.3. The van der Waals surface area contributed by atoms with E-state index in [4.69, 9.17) is 16.3 Å². The molecule has 0 aliphatic carbocycles.